The lowest BCUT2D eigenvalue weighted by molar-refractivity contribution is -0.139. The molecule has 0 aliphatic carbocycles. The monoisotopic (exact) mass is 283 g/mol. The maximum Gasteiger partial charge on any atom is 0.307 e. The van der Waals surface area contributed by atoms with Gasteiger partial charge in [-0.05, 0) is 17.7 Å². The summed E-state index contributed by atoms with van der Waals surface area (Å²) in [5.41, 5.74) is 1.77. The molecule has 0 spiro atoms. The molecule has 4 nitrogen and oxygen atoms in total. The zero-order valence-corrected chi connectivity index (χ0v) is 9.98. The van der Waals surface area contributed by atoms with Crippen molar-refractivity contribution in [2.75, 3.05) is 0 Å². The van der Waals surface area contributed by atoms with Crippen LogP contribution in [-0.2, 0) is 9.63 Å². The average Bonchev–Trinajstić information content (AvgIpc) is 2.66. The van der Waals surface area contributed by atoms with Crippen LogP contribution in [0.3, 0.4) is 0 Å². The van der Waals surface area contributed by atoms with Gasteiger partial charge in [-0.3, -0.25) is 4.79 Å². The molecule has 1 aliphatic rings. The molecule has 5 heteroatoms. The number of carboxylic acids is 1. The van der Waals surface area contributed by atoms with E-state index in [9.17, 15) is 4.79 Å². The van der Waals surface area contributed by atoms with Crippen molar-refractivity contribution < 1.29 is 14.7 Å². The Morgan fingerprint density at radius 2 is 2.19 bits per heavy atom. The highest BCUT2D eigenvalue weighted by Gasteiger charge is 2.24. The lowest BCUT2D eigenvalue weighted by Gasteiger charge is -2.03. The van der Waals surface area contributed by atoms with Gasteiger partial charge in [0, 0.05) is 10.9 Å². The Morgan fingerprint density at radius 1 is 1.50 bits per heavy atom. The van der Waals surface area contributed by atoms with E-state index in [0.29, 0.717) is 6.42 Å². The van der Waals surface area contributed by atoms with Gasteiger partial charge < -0.3 is 9.94 Å². The molecule has 1 aromatic carbocycles. The van der Waals surface area contributed by atoms with Crippen LogP contribution in [0.1, 0.15) is 18.4 Å². The van der Waals surface area contributed by atoms with Crippen molar-refractivity contribution in [1.29, 1.82) is 0 Å². The number of hydrogen-bond acceptors (Lipinski definition) is 3. The highest BCUT2D eigenvalue weighted by molar-refractivity contribution is 9.10. The Labute approximate surface area is 101 Å². The first-order valence-corrected chi connectivity index (χ1v) is 5.65. The van der Waals surface area contributed by atoms with Gasteiger partial charge in [0.15, 0.2) is 0 Å². The molecule has 1 N–H and O–H groups in total. The van der Waals surface area contributed by atoms with Crippen molar-refractivity contribution in [1.82, 2.24) is 0 Å². The Balaban J connectivity index is 2.03. The molecule has 1 unspecified atom stereocenters. The predicted molar refractivity (Wildman–Crippen MR) is 62.4 cm³/mol. The number of benzene rings is 1. The Morgan fingerprint density at radius 3 is 2.81 bits per heavy atom. The fraction of sp³-hybridized carbons (Fsp3) is 0.273. The molecule has 84 valence electrons. The molecule has 0 aromatic heterocycles. The van der Waals surface area contributed by atoms with E-state index in [1.54, 1.807) is 0 Å². The first-order valence-electron chi connectivity index (χ1n) is 4.85. The quantitative estimate of drug-likeness (QED) is 0.927. The molecule has 1 aliphatic heterocycles. The highest BCUT2D eigenvalue weighted by atomic mass is 79.9. The third-order valence-electron chi connectivity index (χ3n) is 2.31. The number of aliphatic carboxylic acids is 1. The molecular formula is C11H10BrNO3. The van der Waals surface area contributed by atoms with Gasteiger partial charge in [-0.25, -0.2) is 0 Å². The van der Waals surface area contributed by atoms with Gasteiger partial charge in [-0.1, -0.05) is 33.2 Å². The number of nitrogens with zero attached hydrogens (tertiary/aromatic N) is 1. The third kappa shape index (κ3) is 2.61. The van der Waals surface area contributed by atoms with Crippen LogP contribution in [0, 0.1) is 0 Å². The second-order valence-corrected chi connectivity index (χ2v) is 4.49. The number of hydrogen-bond donors (Lipinski definition) is 1. The molecule has 0 radical (unpaired) electrons. The SMILES string of the molecule is O=C(O)CC1CC(c2ccc(Br)cc2)=NO1. The smallest absolute Gasteiger partial charge is 0.307 e. The van der Waals surface area contributed by atoms with Crippen LogP contribution in [0.25, 0.3) is 0 Å². The minimum absolute atomic E-state index is 0.0104. The first kappa shape index (κ1) is 11.1. The number of rotatable bonds is 3. The molecule has 0 saturated heterocycles. The number of carboxylic acid groups (broad SMARTS) is 1. The summed E-state index contributed by atoms with van der Waals surface area (Å²) in [5, 5.41) is 12.5. The van der Waals surface area contributed by atoms with Crippen LogP contribution in [0.2, 0.25) is 0 Å². The van der Waals surface area contributed by atoms with E-state index < -0.39 is 5.97 Å². The van der Waals surface area contributed by atoms with E-state index in [1.807, 2.05) is 24.3 Å². The van der Waals surface area contributed by atoms with Gasteiger partial charge in [0.1, 0.15) is 6.10 Å². The summed E-state index contributed by atoms with van der Waals surface area (Å²) < 4.78 is 0.998. The molecule has 0 amide bonds. The molecule has 1 heterocycles. The minimum Gasteiger partial charge on any atom is -0.481 e. The molecule has 16 heavy (non-hydrogen) atoms. The van der Waals surface area contributed by atoms with Crippen molar-refractivity contribution in [3.8, 4) is 0 Å². The average molecular weight is 284 g/mol. The topological polar surface area (TPSA) is 58.9 Å². The maximum absolute atomic E-state index is 10.5. The van der Waals surface area contributed by atoms with Crippen molar-refractivity contribution in [3.63, 3.8) is 0 Å². The maximum atomic E-state index is 10.5. The lowest BCUT2D eigenvalue weighted by Crippen LogP contribution is -2.13. The predicted octanol–water partition coefficient (Wildman–Crippen LogP) is 2.42. The van der Waals surface area contributed by atoms with Gasteiger partial charge >= 0.3 is 5.97 Å². The van der Waals surface area contributed by atoms with E-state index in [-0.39, 0.29) is 12.5 Å². The largest absolute Gasteiger partial charge is 0.481 e. The van der Waals surface area contributed by atoms with E-state index in [1.165, 1.54) is 0 Å². The number of oxime groups is 1. The van der Waals surface area contributed by atoms with Gasteiger partial charge in [0.25, 0.3) is 0 Å². The van der Waals surface area contributed by atoms with Crippen molar-refractivity contribution >= 4 is 27.6 Å². The van der Waals surface area contributed by atoms with Crippen molar-refractivity contribution in [2.45, 2.75) is 18.9 Å². The van der Waals surface area contributed by atoms with E-state index >= 15 is 0 Å². The van der Waals surface area contributed by atoms with Gasteiger partial charge in [0.2, 0.25) is 0 Å². The molecule has 0 bridgehead atoms. The Kier molecular flexibility index (Phi) is 3.24. The second-order valence-electron chi connectivity index (χ2n) is 3.57. The summed E-state index contributed by atoms with van der Waals surface area (Å²) >= 11 is 3.35. The van der Waals surface area contributed by atoms with E-state index in [2.05, 4.69) is 21.1 Å². The fourth-order valence-electron chi connectivity index (χ4n) is 1.55. The van der Waals surface area contributed by atoms with Crippen LogP contribution in [0.4, 0.5) is 0 Å². The summed E-state index contributed by atoms with van der Waals surface area (Å²) in [6, 6.07) is 7.69. The zero-order valence-electron chi connectivity index (χ0n) is 8.39. The van der Waals surface area contributed by atoms with Crippen LogP contribution in [0.5, 0.6) is 0 Å². The van der Waals surface area contributed by atoms with Crippen LogP contribution < -0.4 is 0 Å². The lowest BCUT2D eigenvalue weighted by atomic mass is 10.0. The summed E-state index contributed by atoms with van der Waals surface area (Å²) in [7, 11) is 0. The standard InChI is InChI=1S/C11H10BrNO3/c12-8-3-1-7(2-4-8)10-5-9(16-13-10)6-11(14)15/h1-4,9H,5-6H2,(H,14,15). The number of halogens is 1. The molecule has 2 rings (SSSR count). The minimum atomic E-state index is -0.864. The Bertz CT molecular complexity index is 427. The fourth-order valence-corrected chi connectivity index (χ4v) is 1.81. The van der Waals surface area contributed by atoms with Crippen molar-refractivity contribution in [3.05, 3.63) is 34.3 Å². The molecule has 0 saturated carbocycles. The van der Waals surface area contributed by atoms with Crippen LogP contribution in [0.15, 0.2) is 33.9 Å². The molecular weight excluding hydrogens is 274 g/mol. The van der Waals surface area contributed by atoms with Gasteiger partial charge in [-0.2, -0.15) is 0 Å². The molecule has 1 aromatic rings. The van der Waals surface area contributed by atoms with Crippen molar-refractivity contribution in [2.24, 2.45) is 5.16 Å². The van der Waals surface area contributed by atoms with Gasteiger partial charge in [-0.15, -0.1) is 0 Å². The summed E-state index contributed by atoms with van der Waals surface area (Å²) in [6.07, 6.45) is 0.202. The molecule has 0 fully saturated rings. The highest BCUT2D eigenvalue weighted by Crippen LogP contribution is 2.20. The summed E-state index contributed by atoms with van der Waals surface area (Å²) in [6.45, 7) is 0. The third-order valence-corrected chi connectivity index (χ3v) is 2.84. The first-order chi connectivity index (χ1) is 7.65. The van der Waals surface area contributed by atoms with Crippen LogP contribution >= 0.6 is 15.9 Å². The summed E-state index contributed by atoms with van der Waals surface area (Å²) in [5.74, 6) is -0.864. The van der Waals surface area contributed by atoms with Crippen LogP contribution in [-0.4, -0.2) is 22.9 Å². The van der Waals surface area contributed by atoms with E-state index in [0.717, 1.165) is 15.7 Å². The summed E-state index contributed by atoms with van der Waals surface area (Å²) in [4.78, 5) is 15.6. The Hall–Kier alpha value is -1.36. The van der Waals surface area contributed by atoms with E-state index in [4.69, 9.17) is 9.94 Å². The normalized spacial score (nSPS) is 19.1. The zero-order chi connectivity index (χ0) is 11.5. The molecule has 1 atom stereocenters. The van der Waals surface area contributed by atoms with Gasteiger partial charge in [0.05, 0.1) is 12.1 Å². The second kappa shape index (κ2) is 4.65. The number of carbonyl (C=O) groups is 1.